The summed E-state index contributed by atoms with van der Waals surface area (Å²) in [6.07, 6.45) is 1.01. The molecule has 0 unspecified atom stereocenters. The largest absolute Gasteiger partial charge is 0.481 e. The minimum absolute atomic E-state index is 0.0991. The Kier molecular flexibility index (Phi) is 4.41. The van der Waals surface area contributed by atoms with Crippen LogP contribution in [0.1, 0.15) is 19.4 Å². The van der Waals surface area contributed by atoms with Gasteiger partial charge in [-0.2, -0.15) is 0 Å². The third-order valence-corrected chi connectivity index (χ3v) is 4.70. The lowest BCUT2D eigenvalue weighted by molar-refractivity contribution is -0.146. The van der Waals surface area contributed by atoms with E-state index in [4.69, 9.17) is 5.11 Å². The monoisotopic (exact) mass is 352 g/mol. The van der Waals surface area contributed by atoms with E-state index in [-0.39, 0.29) is 10.9 Å². The van der Waals surface area contributed by atoms with Gasteiger partial charge in [0.2, 0.25) is 0 Å². The van der Waals surface area contributed by atoms with Crippen LogP contribution in [0.2, 0.25) is 0 Å². The van der Waals surface area contributed by atoms with Crippen molar-refractivity contribution in [3.05, 3.63) is 28.0 Å². The average molecular weight is 353 g/mol. The van der Waals surface area contributed by atoms with Gasteiger partial charge >= 0.3 is 5.97 Å². The number of sulfone groups is 1. The Hall–Kier alpha value is -0.950. The molecule has 0 aliphatic rings. The van der Waals surface area contributed by atoms with Crippen molar-refractivity contribution in [1.82, 2.24) is 0 Å². The first-order valence-electron chi connectivity index (χ1n) is 5.36. The molecule has 0 spiro atoms. The number of aliphatic carboxylic acids is 1. The summed E-state index contributed by atoms with van der Waals surface area (Å²) < 4.78 is 36.8. The van der Waals surface area contributed by atoms with Gasteiger partial charge in [-0.25, -0.2) is 12.8 Å². The fourth-order valence-electron chi connectivity index (χ4n) is 1.65. The van der Waals surface area contributed by atoms with Crippen LogP contribution in [-0.2, 0) is 21.1 Å². The lowest BCUT2D eigenvalue weighted by atomic mass is 9.86. The predicted molar refractivity (Wildman–Crippen MR) is 72.3 cm³/mol. The first kappa shape index (κ1) is 16.1. The highest BCUT2D eigenvalue weighted by Gasteiger charge is 2.28. The third kappa shape index (κ3) is 3.76. The van der Waals surface area contributed by atoms with Crippen molar-refractivity contribution in [2.45, 2.75) is 25.2 Å². The number of hydrogen-bond donors (Lipinski definition) is 1. The zero-order chi connectivity index (χ0) is 15.0. The average Bonchev–Trinajstić information content (AvgIpc) is 2.11. The summed E-state index contributed by atoms with van der Waals surface area (Å²) in [4.78, 5) is 10.6. The number of carboxylic acid groups (broad SMARTS) is 1. The number of carbonyl (C=O) groups is 1. The van der Waals surface area contributed by atoms with Gasteiger partial charge in [0.1, 0.15) is 10.7 Å². The SMILES string of the molecule is CC(C)(Cc1cc(F)c(S(C)(=O)=O)c(Br)c1)C(=O)O. The summed E-state index contributed by atoms with van der Waals surface area (Å²) in [6, 6.07) is 2.50. The van der Waals surface area contributed by atoms with Crippen LogP contribution in [0.3, 0.4) is 0 Å². The quantitative estimate of drug-likeness (QED) is 0.903. The molecule has 0 atom stereocenters. The zero-order valence-corrected chi connectivity index (χ0v) is 13.1. The highest BCUT2D eigenvalue weighted by Crippen LogP contribution is 2.30. The van der Waals surface area contributed by atoms with Crippen LogP contribution < -0.4 is 0 Å². The van der Waals surface area contributed by atoms with Gasteiger partial charge in [0, 0.05) is 10.7 Å². The molecule has 0 saturated heterocycles. The molecular weight excluding hydrogens is 339 g/mol. The molecule has 0 heterocycles. The summed E-state index contributed by atoms with van der Waals surface area (Å²) in [7, 11) is -3.68. The molecule has 0 amide bonds. The van der Waals surface area contributed by atoms with E-state index in [2.05, 4.69) is 15.9 Å². The van der Waals surface area contributed by atoms with Crippen molar-refractivity contribution in [3.8, 4) is 0 Å². The number of halogens is 2. The number of rotatable bonds is 4. The standard InChI is InChI=1S/C12H14BrFO4S/c1-12(2,11(15)16)6-7-4-8(13)10(9(14)5-7)19(3,17)18/h4-5H,6H2,1-3H3,(H,15,16). The molecule has 0 fully saturated rings. The Labute approximate surface area is 119 Å². The first-order valence-corrected chi connectivity index (χ1v) is 8.05. The predicted octanol–water partition coefficient (Wildman–Crippen LogP) is 2.65. The number of carboxylic acids is 1. The van der Waals surface area contributed by atoms with Gasteiger partial charge in [-0.15, -0.1) is 0 Å². The molecule has 1 aromatic rings. The summed E-state index contributed by atoms with van der Waals surface area (Å²) >= 11 is 3.01. The third-order valence-electron chi connectivity index (χ3n) is 2.65. The van der Waals surface area contributed by atoms with Crippen molar-refractivity contribution in [1.29, 1.82) is 0 Å². The Bertz CT molecular complexity index is 600. The van der Waals surface area contributed by atoms with E-state index in [0.717, 1.165) is 12.3 Å². The first-order chi connectivity index (χ1) is 8.45. The normalized spacial score (nSPS) is 12.5. The molecule has 106 valence electrons. The van der Waals surface area contributed by atoms with Crippen molar-refractivity contribution in [3.63, 3.8) is 0 Å². The fourth-order valence-corrected chi connectivity index (χ4v) is 3.85. The molecule has 0 bridgehead atoms. The smallest absolute Gasteiger partial charge is 0.309 e. The molecule has 0 aliphatic carbocycles. The maximum Gasteiger partial charge on any atom is 0.309 e. The molecule has 0 saturated carbocycles. The fraction of sp³-hybridized carbons (Fsp3) is 0.417. The van der Waals surface area contributed by atoms with E-state index >= 15 is 0 Å². The van der Waals surface area contributed by atoms with Gasteiger partial charge in [-0.3, -0.25) is 4.79 Å². The van der Waals surface area contributed by atoms with Crippen molar-refractivity contribution in [2.24, 2.45) is 5.41 Å². The Morgan fingerprint density at radius 2 is 1.95 bits per heavy atom. The Morgan fingerprint density at radius 1 is 1.42 bits per heavy atom. The summed E-state index contributed by atoms with van der Waals surface area (Å²) in [5.74, 6) is -1.88. The summed E-state index contributed by atoms with van der Waals surface area (Å²) in [6.45, 7) is 3.04. The van der Waals surface area contributed by atoms with Gasteiger partial charge in [0.05, 0.1) is 5.41 Å². The summed E-state index contributed by atoms with van der Waals surface area (Å²) in [5, 5.41) is 9.02. The topological polar surface area (TPSA) is 71.4 Å². The molecule has 0 aliphatic heterocycles. The second-order valence-corrected chi connectivity index (χ2v) is 7.83. The van der Waals surface area contributed by atoms with E-state index in [1.807, 2.05) is 0 Å². The highest BCUT2D eigenvalue weighted by atomic mass is 79.9. The van der Waals surface area contributed by atoms with Crippen LogP contribution in [-0.4, -0.2) is 25.7 Å². The van der Waals surface area contributed by atoms with Gasteiger partial charge < -0.3 is 5.11 Å². The molecule has 0 aromatic heterocycles. The Morgan fingerprint density at radius 3 is 2.32 bits per heavy atom. The Balaban J connectivity index is 3.27. The zero-order valence-electron chi connectivity index (χ0n) is 10.7. The molecule has 1 aromatic carbocycles. The van der Waals surface area contributed by atoms with Crippen LogP contribution in [0.25, 0.3) is 0 Å². The van der Waals surface area contributed by atoms with Crippen LogP contribution >= 0.6 is 15.9 Å². The van der Waals surface area contributed by atoms with E-state index in [0.29, 0.717) is 5.56 Å². The number of hydrogen-bond acceptors (Lipinski definition) is 3. The van der Waals surface area contributed by atoms with Crippen molar-refractivity contribution in [2.75, 3.05) is 6.26 Å². The molecule has 4 nitrogen and oxygen atoms in total. The lowest BCUT2D eigenvalue weighted by Crippen LogP contribution is -2.26. The number of benzene rings is 1. The van der Waals surface area contributed by atoms with E-state index in [1.54, 1.807) is 0 Å². The van der Waals surface area contributed by atoms with Gasteiger partial charge in [0.15, 0.2) is 9.84 Å². The summed E-state index contributed by atoms with van der Waals surface area (Å²) in [5.41, 5.74) is -0.637. The van der Waals surface area contributed by atoms with Crippen molar-refractivity contribution < 1.29 is 22.7 Å². The molecule has 19 heavy (non-hydrogen) atoms. The van der Waals surface area contributed by atoms with Gasteiger partial charge in [0.25, 0.3) is 0 Å². The second-order valence-electron chi connectivity index (χ2n) is 5.03. The molecule has 1 rings (SSSR count). The minimum Gasteiger partial charge on any atom is -0.481 e. The second kappa shape index (κ2) is 5.20. The van der Waals surface area contributed by atoms with E-state index < -0.39 is 31.9 Å². The highest BCUT2D eigenvalue weighted by molar-refractivity contribution is 9.10. The van der Waals surface area contributed by atoms with Crippen molar-refractivity contribution >= 4 is 31.7 Å². The molecular formula is C12H14BrFO4S. The van der Waals surface area contributed by atoms with Crippen LogP contribution in [0.5, 0.6) is 0 Å². The molecule has 0 radical (unpaired) electrons. The van der Waals surface area contributed by atoms with Gasteiger partial charge in [-0.1, -0.05) is 0 Å². The maximum atomic E-state index is 13.8. The van der Waals surface area contributed by atoms with Crippen LogP contribution in [0.4, 0.5) is 4.39 Å². The maximum absolute atomic E-state index is 13.8. The van der Waals surface area contributed by atoms with Gasteiger partial charge in [-0.05, 0) is 53.9 Å². The lowest BCUT2D eigenvalue weighted by Gasteiger charge is -2.19. The molecule has 7 heteroatoms. The molecule has 1 N–H and O–H groups in total. The van der Waals surface area contributed by atoms with E-state index in [9.17, 15) is 17.6 Å². The minimum atomic E-state index is -3.68. The van der Waals surface area contributed by atoms with Crippen LogP contribution in [0, 0.1) is 11.2 Å². The van der Waals surface area contributed by atoms with E-state index in [1.165, 1.54) is 19.9 Å². The van der Waals surface area contributed by atoms with Crippen LogP contribution in [0.15, 0.2) is 21.5 Å².